The highest BCUT2D eigenvalue weighted by Gasteiger charge is 2.53. The Kier molecular flexibility index (Phi) is 2.11. The summed E-state index contributed by atoms with van der Waals surface area (Å²) in [7, 11) is 1.62. The van der Waals surface area contributed by atoms with E-state index in [0.717, 1.165) is 0 Å². The van der Waals surface area contributed by atoms with E-state index in [0.29, 0.717) is 0 Å². The van der Waals surface area contributed by atoms with E-state index >= 15 is 0 Å². The second kappa shape index (κ2) is 2.92. The third-order valence-corrected chi connectivity index (χ3v) is 2.48. The van der Waals surface area contributed by atoms with Crippen molar-refractivity contribution in [1.29, 1.82) is 0 Å². The van der Waals surface area contributed by atoms with Crippen LogP contribution in [0.25, 0.3) is 0 Å². The minimum absolute atomic E-state index is 0.0000463. The van der Waals surface area contributed by atoms with E-state index in [4.69, 9.17) is 18.9 Å². The standard InChI is InChI=1S/C9H16O4/c1-5-6-7(8(10-4)11-5)13-9(2,3)12-6/h5-8H,1-4H3/t5-,6-,7-,8?/m1/s1. The third kappa shape index (κ3) is 1.48. The van der Waals surface area contributed by atoms with E-state index in [1.165, 1.54) is 0 Å². The fourth-order valence-corrected chi connectivity index (χ4v) is 1.95. The van der Waals surface area contributed by atoms with E-state index < -0.39 is 5.79 Å². The minimum Gasteiger partial charge on any atom is -0.353 e. The number of hydrogen-bond acceptors (Lipinski definition) is 4. The van der Waals surface area contributed by atoms with Gasteiger partial charge < -0.3 is 18.9 Å². The molecule has 2 saturated heterocycles. The molecule has 0 N–H and O–H groups in total. The van der Waals surface area contributed by atoms with Gasteiger partial charge in [0.1, 0.15) is 12.2 Å². The molecule has 0 aromatic rings. The van der Waals surface area contributed by atoms with Gasteiger partial charge in [-0.2, -0.15) is 0 Å². The van der Waals surface area contributed by atoms with E-state index in [-0.39, 0.29) is 24.6 Å². The highest BCUT2D eigenvalue weighted by molar-refractivity contribution is 4.93. The van der Waals surface area contributed by atoms with Crippen molar-refractivity contribution < 1.29 is 18.9 Å². The number of ether oxygens (including phenoxy) is 4. The molecular formula is C9H16O4. The number of fused-ring (bicyclic) bond motifs is 1. The Bertz CT molecular complexity index is 204. The molecule has 4 nitrogen and oxygen atoms in total. The highest BCUT2D eigenvalue weighted by Crippen LogP contribution is 2.38. The van der Waals surface area contributed by atoms with Crippen molar-refractivity contribution in [2.45, 2.75) is 51.2 Å². The Morgan fingerprint density at radius 3 is 2.38 bits per heavy atom. The predicted octanol–water partition coefficient (Wildman–Crippen LogP) is 0.898. The zero-order chi connectivity index (χ0) is 9.64. The Balaban J connectivity index is 2.12. The van der Waals surface area contributed by atoms with Gasteiger partial charge in [-0.15, -0.1) is 0 Å². The molecule has 0 amide bonds. The lowest BCUT2D eigenvalue weighted by atomic mass is 10.2. The Hall–Kier alpha value is -0.160. The maximum absolute atomic E-state index is 5.69. The lowest BCUT2D eigenvalue weighted by Gasteiger charge is -2.22. The van der Waals surface area contributed by atoms with Gasteiger partial charge in [-0.25, -0.2) is 0 Å². The molecule has 2 heterocycles. The summed E-state index contributed by atoms with van der Waals surface area (Å²) in [6.07, 6.45) is -0.339. The Morgan fingerprint density at radius 2 is 1.77 bits per heavy atom. The summed E-state index contributed by atoms with van der Waals surface area (Å²) < 4.78 is 22.0. The van der Waals surface area contributed by atoms with Gasteiger partial charge in [0.2, 0.25) is 0 Å². The van der Waals surface area contributed by atoms with Gasteiger partial charge in [-0.05, 0) is 20.8 Å². The summed E-state index contributed by atoms with van der Waals surface area (Å²) in [5.74, 6) is -0.510. The molecule has 0 radical (unpaired) electrons. The SMILES string of the molecule is COC1O[C@H](C)[C@H]2OC(C)(C)O[C@@H]12. The summed E-state index contributed by atoms with van der Waals surface area (Å²) in [6.45, 7) is 5.79. The van der Waals surface area contributed by atoms with Crippen LogP contribution in [0.2, 0.25) is 0 Å². The zero-order valence-corrected chi connectivity index (χ0v) is 8.44. The van der Waals surface area contributed by atoms with Crippen LogP contribution >= 0.6 is 0 Å². The molecule has 2 aliphatic rings. The van der Waals surface area contributed by atoms with Gasteiger partial charge in [0.15, 0.2) is 12.1 Å². The lowest BCUT2D eigenvalue weighted by Crippen LogP contribution is -2.30. The molecule has 2 rings (SSSR count). The highest BCUT2D eigenvalue weighted by atomic mass is 16.8. The average Bonchev–Trinajstić information content (AvgIpc) is 2.47. The van der Waals surface area contributed by atoms with E-state index in [1.54, 1.807) is 7.11 Å². The van der Waals surface area contributed by atoms with Crippen molar-refractivity contribution in [3.63, 3.8) is 0 Å². The Morgan fingerprint density at radius 1 is 1.15 bits per heavy atom. The predicted molar refractivity (Wildman–Crippen MR) is 45.2 cm³/mol. The number of rotatable bonds is 1. The fraction of sp³-hybridized carbons (Fsp3) is 1.00. The second-order valence-corrected chi connectivity index (χ2v) is 4.01. The normalized spacial score (nSPS) is 48.0. The van der Waals surface area contributed by atoms with Crippen molar-refractivity contribution in [2.75, 3.05) is 7.11 Å². The van der Waals surface area contributed by atoms with Crippen LogP contribution < -0.4 is 0 Å². The summed E-state index contributed by atoms with van der Waals surface area (Å²) >= 11 is 0. The average molecular weight is 188 g/mol. The number of hydrogen-bond donors (Lipinski definition) is 0. The summed E-state index contributed by atoms with van der Waals surface area (Å²) in [4.78, 5) is 0. The molecule has 76 valence electrons. The summed E-state index contributed by atoms with van der Waals surface area (Å²) in [6, 6.07) is 0. The largest absolute Gasteiger partial charge is 0.353 e. The molecule has 0 aromatic heterocycles. The molecule has 0 saturated carbocycles. The quantitative estimate of drug-likeness (QED) is 0.612. The van der Waals surface area contributed by atoms with Gasteiger partial charge >= 0.3 is 0 Å². The molecule has 2 aliphatic heterocycles. The topological polar surface area (TPSA) is 36.9 Å². The molecular weight excluding hydrogens is 172 g/mol. The van der Waals surface area contributed by atoms with Crippen molar-refractivity contribution in [1.82, 2.24) is 0 Å². The molecule has 4 atom stereocenters. The summed E-state index contributed by atoms with van der Waals surface area (Å²) in [5, 5.41) is 0. The van der Waals surface area contributed by atoms with Crippen LogP contribution in [0.15, 0.2) is 0 Å². The number of methoxy groups -OCH3 is 1. The fourth-order valence-electron chi connectivity index (χ4n) is 1.95. The summed E-state index contributed by atoms with van der Waals surface area (Å²) in [5.41, 5.74) is 0. The second-order valence-electron chi connectivity index (χ2n) is 4.01. The monoisotopic (exact) mass is 188 g/mol. The first-order valence-electron chi connectivity index (χ1n) is 4.57. The molecule has 2 fully saturated rings. The maximum Gasteiger partial charge on any atom is 0.186 e. The molecule has 0 aromatic carbocycles. The van der Waals surface area contributed by atoms with Crippen molar-refractivity contribution in [3.05, 3.63) is 0 Å². The minimum atomic E-state index is -0.510. The van der Waals surface area contributed by atoms with Crippen LogP contribution in [0.4, 0.5) is 0 Å². The lowest BCUT2D eigenvalue weighted by molar-refractivity contribution is -0.224. The first-order valence-corrected chi connectivity index (χ1v) is 4.57. The van der Waals surface area contributed by atoms with Crippen LogP contribution in [0.5, 0.6) is 0 Å². The van der Waals surface area contributed by atoms with Crippen LogP contribution in [-0.2, 0) is 18.9 Å². The Labute approximate surface area is 78.1 Å². The maximum atomic E-state index is 5.69. The van der Waals surface area contributed by atoms with E-state index in [9.17, 15) is 0 Å². The molecule has 1 unspecified atom stereocenters. The molecule has 0 spiro atoms. The van der Waals surface area contributed by atoms with Crippen LogP contribution in [0.3, 0.4) is 0 Å². The molecule has 13 heavy (non-hydrogen) atoms. The van der Waals surface area contributed by atoms with Gasteiger partial charge in [0.25, 0.3) is 0 Å². The van der Waals surface area contributed by atoms with Crippen LogP contribution in [0.1, 0.15) is 20.8 Å². The van der Waals surface area contributed by atoms with Gasteiger partial charge in [0.05, 0.1) is 6.10 Å². The van der Waals surface area contributed by atoms with Crippen LogP contribution in [0, 0.1) is 0 Å². The zero-order valence-electron chi connectivity index (χ0n) is 8.44. The molecule has 4 heteroatoms. The first kappa shape index (κ1) is 9.40. The molecule has 0 aliphatic carbocycles. The van der Waals surface area contributed by atoms with Crippen molar-refractivity contribution >= 4 is 0 Å². The van der Waals surface area contributed by atoms with Crippen LogP contribution in [-0.4, -0.2) is 37.5 Å². The first-order chi connectivity index (χ1) is 6.03. The third-order valence-electron chi connectivity index (χ3n) is 2.48. The van der Waals surface area contributed by atoms with Gasteiger partial charge in [-0.1, -0.05) is 0 Å². The van der Waals surface area contributed by atoms with Crippen molar-refractivity contribution in [2.24, 2.45) is 0 Å². The van der Waals surface area contributed by atoms with Gasteiger partial charge in [-0.3, -0.25) is 0 Å². The molecule has 0 bridgehead atoms. The smallest absolute Gasteiger partial charge is 0.186 e. The van der Waals surface area contributed by atoms with Crippen molar-refractivity contribution in [3.8, 4) is 0 Å². The van der Waals surface area contributed by atoms with Gasteiger partial charge in [0, 0.05) is 7.11 Å². The van der Waals surface area contributed by atoms with E-state index in [2.05, 4.69) is 0 Å². The van der Waals surface area contributed by atoms with E-state index in [1.807, 2.05) is 20.8 Å².